The number of benzene rings is 3. The van der Waals surface area contributed by atoms with Gasteiger partial charge in [0.05, 0.1) is 24.3 Å². The number of carboxylic acid groups (broad SMARTS) is 1. The molecule has 156 valence electrons. The number of aromatic carboxylic acids is 1. The van der Waals surface area contributed by atoms with Gasteiger partial charge in [-0.1, -0.05) is 29.8 Å². The summed E-state index contributed by atoms with van der Waals surface area (Å²) in [7, 11) is 1.54. The van der Waals surface area contributed by atoms with Gasteiger partial charge in [0.1, 0.15) is 6.61 Å². The molecular formula is C23H17ClN3NaO4. The molecule has 0 fully saturated rings. The number of nitrogens with zero attached hydrogens (tertiary/aromatic N) is 2. The van der Waals surface area contributed by atoms with Crippen molar-refractivity contribution in [2.45, 2.75) is 6.61 Å². The van der Waals surface area contributed by atoms with Crippen LogP contribution in [0.3, 0.4) is 0 Å². The SMILES string of the molecule is COc1ccc(-c2nc(N)nc3ccc(Cl)cc23)cc1OCc1cccc(C(=O)[O-])c1.[Na+]. The van der Waals surface area contributed by atoms with E-state index in [-0.39, 0.29) is 47.7 Å². The van der Waals surface area contributed by atoms with E-state index in [1.54, 1.807) is 42.5 Å². The quantitative estimate of drug-likeness (QED) is 0.419. The zero-order valence-corrected chi connectivity index (χ0v) is 20.2. The van der Waals surface area contributed by atoms with Gasteiger partial charge < -0.3 is 25.1 Å². The molecule has 0 unspecified atom stereocenters. The van der Waals surface area contributed by atoms with Crippen LogP contribution < -0.4 is 49.9 Å². The predicted molar refractivity (Wildman–Crippen MR) is 116 cm³/mol. The number of hydrogen-bond acceptors (Lipinski definition) is 7. The van der Waals surface area contributed by atoms with E-state index in [0.717, 1.165) is 10.9 Å². The van der Waals surface area contributed by atoms with Gasteiger partial charge in [-0.05, 0) is 53.6 Å². The summed E-state index contributed by atoms with van der Waals surface area (Å²) in [4.78, 5) is 19.7. The van der Waals surface area contributed by atoms with Crippen LogP contribution in [0.15, 0.2) is 60.7 Å². The topological polar surface area (TPSA) is 110 Å². The number of halogens is 1. The summed E-state index contributed by atoms with van der Waals surface area (Å²) in [5.41, 5.74) is 8.68. The van der Waals surface area contributed by atoms with E-state index in [4.69, 9.17) is 26.8 Å². The summed E-state index contributed by atoms with van der Waals surface area (Å²) in [5.74, 6) is -0.120. The van der Waals surface area contributed by atoms with Gasteiger partial charge in [0.2, 0.25) is 5.95 Å². The number of rotatable bonds is 6. The predicted octanol–water partition coefficient (Wildman–Crippen LogP) is 0.487. The first-order valence-electron chi connectivity index (χ1n) is 9.29. The maximum Gasteiger partial charge on any atom is 1.00 e. The maximum atomic E-state index is 11.1. The Morgan fingerprint density at radius 1 is 1.06 bits per heavy atom. The molecule has 32 heavy (non-hydrogen) atoms. The zero-order chi connectivity index (χ0) is 22.0. The summed E-state index contributed by atoms with van der Waals surface area (Å²) in [6.07, 6.45) is 0. The Labute approximate surface area is 211 Å². The molecule has 0 atom stereocenters. The third-order valence-corrected chi connectivity index (χ3v) is 4.90. The van der Waals surface area contributed by atoms with Gasteiger partial charge in [-0.3, -0.25) is 0 Å². The van der Waals surface area contributed by atoms with Crippen molar-refractivity contribution in [3.05, 3.63) is 76.8 Å². The molecule has 1 heterocycles. The largest absolute Gasteiger partial charge is 1.00 e. The van der Waals surface area contributed by atoms with Crippen molar-refractivity contribution >= 4 is 34.4 Å². The number of carbonyl (C=O) groups is 1. The molecule has 0 spiro atoms. The number of aromatic nitrogens is 2. The van der Waals surface area contributed by atoms with Crippen LogP contribution in [0.2, 0.25) is 5.02 Å². The number of methoxy groups -OCH3 is 1. The molecule has 2 N–H and O–H groups in total. The number of nitrogens with two attached hydrogens (primary N) is 1. The van der Waals surface area contributed by atoms with Gasteiger partial charge in [-0.2, -0.15) is 0 Å². The van der Waals surface area contributed by atoms with E-state index in [1.807, 2.05) is 6.07 Å². The summed E-state index contributed by atoms with van der Waals surface area (Å²) in [6.45, 7) is 0.138. The number of nitrogen functional groups attached to an aromatic ring is 1. The second kappa shape index (κ2) is 10.2. The number of hydrogen-bond donors (Lipinski definition) is 1. The number of carboxylic acids is 1. The van der Waals surface area contributed by atoms with Gasteiger partial charge in [0.15, 0.2) is 11.5 Å². The number of ether oxygens (including phenoxy) is 2. The maximum absolute atomic E-state index is 11.1. The van der Waals surface area contributed by atoms with E-state index in [1.165, 1.54) is 19.2 Å². The van der Waals surface area contributed by atoms with Gasteiger partial charge >= 0.3 is 29.6 Å². The molecule has 4 aromatic rings. The van der Waals surface area contributed by atoms with Crippen molar-refractivity contribution in [2.24, 2.45) is 0 Å². The Balaban J connectivity index is 0.00000289. The fraction of sp³-hybridized carbons (Fsp3) is 0.0870. The Bertz CT molecular complexity index is 1300. The molecule has 9 heteroatoms. The number of anilines is 1. The molecule has 0 radical (unpaired) electrons. The van der Waals surface area contributed by atoms with Crippen LogP contribution in [-0.4, -0.2) is 23.0 Å². The molecule has 0 aliphatic heterocycles. The van der Waals surface area contributed by atoms with Gasteiger partial charge in [0, 0.05) is 16.0 Å². The van der Waals surface area contributed by atoms with Crippen LogP contribution in [-0.2, 0) is 6.61 Å². The van der Waals surface area contributed by atoms with Gasteiger partial charge in [-0.15, -0.1) is 0 Å². The first kappa shape index (κ1) is 23.8. The Kier molecular flexibility index (Phi) is 7.58. The monoisotopic (exact) mass is 457 g/mol. The fourth-order valence-electron chi connectivity index (χ4n) is 3.22. The number of carbonyl (C=O) groups excluding carboxylic acids is 1. The first-order chi connectivity index (χ1) is 14.9. The smallest absolute Gasteiger partial charge is 0.545 e. The Hall–Kier alpha value is -2.84. The van der Waals surface area contributed by atoms with Crippen LogP contribution in [0.5, 0.6) is 11.5 Å². The third-order valence-electron chi connectivity index (χ3n) is 4.67. The van der Waals surface area contributed by atoms with Crippen molar-refractivity contribution in [1.82, 2.24) is 9.97 Å². The van der Waals surface area contributed by atoms with Crippen LogP contribution in [0.25, 0.3) is 22.2 Å². The molecule has 0 aliphatic rings. The minimum absolute atomic E-state index is 0. The average Bonchev–Trinajstić information content (AvgIpc) is 2.77. The third kappa shape index (κ3) is 5.14. The van der Waals surface area contributed by atoms with Gasteiger partial charge in [-0.25, -0.2) is 9.97 Å². The van der Waals surface area contributed by atoms with Crippen LogP contribution >= 0.6 is 11.6 Å². The van der Waals surface area contributed by atoms with Crippen molar-refractivity contribution < 1.29 is 48.9 Å². The standard InChI is InChI=1S/C23H18ClN3O4.Na/c1-30-19-8-5-14(21-17-11-16(24)6-7-18(17)26-23(25)27-21)10-20(19)31-12-13-3-2-4-15(9-13)22(28)29;/h2-11H,12H2,1H3,(H,28,29)(H2,25,26,27);/q;+1/p-1. The minimum Gasteiger partial charge on any atom is -0.545 e. The minimum atomic E-state index is -1.24. The molecule has 1 aromatic heterocycles. The van der Waals surface area contributed by atoms with Crippen molar-refractivity contribution in [1.29, 1.82) is 0 Å². The summed E-state index contributed by atoms with van der Waals surface area (Å²) < 4.78 is 11.3. The Morgan fingerprint density at radius 3 is 2.62 bits per heavy atom. The molecule has 3 aromatic carbocycles. The summed E-state index contributed by atoms with van der Waals surface area (Å²) >= 11 is 6.17. The van der Waals surface area contributed by atoms with Crippen LogP contribution in [0.1, 0.15) is 15.9 Å². The normalized spacial score (nSPS) is 10.4. The van der Waals surface area contributed by atoms with Crippen LogP contribution in [0.4, 0.5) is 5.95 Å². The fourth-order valence-corrected chi connectivity index (χ4v) is 3.40. The van der Waals surface area contributed by atoms with Crippen molar-refractivity contribution in [3.8, 4) is 22.8 Å². The van der Waals surface area contributed by atoms with E-state index < -0.39 is 5.97 Å². The second-order valence-corrected chi connectivity index (χ2v) is 7.17. The molecule has 7 nitrogen and oxygen atoms in total. The number of fused-ring (bicyclic) bond motifs is 1. The molecule has 0 saturated carbocycles. The summed E-state index contributed by atoms with van der Waals surface area (Å²) in [6, 6.07) is 17.1. The first-order valence-corrected chi connectivity index (χ1v) is 9.66. The molecule has 0 bridgehead atoms. The zero-order valence-electron chi connectivity index (χ0n) is 17.5. The molecule has 0 amide bonds. The van der Waals surface area contributed by atoms with E-state index in [9.17, 15) is 9.90 Å². The second-order valence-electron chi connectivity index (χ2n) is 6.73. The molecule has 4 rings (SSSR count). The van der Waals surface area contributed by atoms with E-state index in [0.29, 0.717) is 33.3 Å². The van der Waals surface area contributed by atoms with E-state index >= 15 is 0 Å². The average molecular weight is 458 g/mol. The van der Waals surface area contributed by atoms with Crippen molar-refractivity contribution in [2.75, 3.05) is 12.8 Å². The van der Waals surface area contributed by atoms with E-state index in [2.05, 4.69) is 9.97 Å². The summed E-state index contributed by atoms with van der Waals surface area (Å²) in [5, 5.41) is 12.4. The molecular weight excluding hydrogens is 441 g/mol. The van der Waals surface area contributed by atoms with Gasteiger partial charge in [0.25, 0.3) is 0 Å². The van der Waals surface area contributed by atoms with Crippen LogP contribution in [0, 0.1) is 0 Å². The van der Waals surface area contributed by atoms with Crippen molar-refractivity contribution in [3.63, 3.8) is 0 Å². The molecule has 0 aliphatic carbocycles. The Morgan fingerprint density at radius 2 is 1.88 bits per heavy atom. The molecule has 0 saturated heterocycles.